The van der Waals surface area contributed by atoms with Crippen LogP contribution in [0, 0.1) is 5.82 Å². The molecule has 5 heteroatoms. The zero-order valence-electron chi connectivity index (χ0n) is 13.6. The van der Waals surface area contributed by atoms with Crippen molar-refractivity contribution >= 4 is 5.91 Å². The SMILES string of the molecule is CC(NC(=O)CCOCc1ccccc1)C(O)c1ccc(F)cc1. The van der Waals surface area contributed by atoms with Gasteiger partial charge < -0.3 is 15.2 Å². The lowest BCUT2D eigenvalue weighted by molar-refractivity contribution is -0.123. The molecule has 0 saturated carbocycles. The Hall–Kier alpha value is -2.24. The first-order valence-corrected chi connectivity index (χ1v) is 7.91. The predicted octanol–water partition coefficient (Wildman–Crippen LogP) is 2.97. The molecule has 2 N–H and O–H groups in total. The second kappa shape index (κ2) is 9.15. The number of aliphatic hydroxyl groups excluding tert-OH is 1. The highest BCUT2D eigenvalue weighted by atomic mass is 19.1. The molecule has 0 aliphatic heterocycles. The monoisotopic (exact) mass is 331 g/mol. The van der Waals surface area contributed by atoms with E-state index < -0.39 is 12.1 Å². The van der Waals surface area contributed by atoms with Gasteiger partial charge in [-0.1, -0.05) is 42.5 Å². The molecule has 128 valence electrons. The molecule has 0 aliphatic carbocycles. The Balaban J connectivity index is 1.70. The number of hydrogen-bond donors (Lipinski definition) is 2. The number of halogens is 1. The van der Waals surface area contributed by atoms with Gasteiger partial charge in [0.05, 0.1) is 25.4 Å². The third-order valence-corrected chi connectivity index (χ3v) is 3.66. The summed E-state index contributed by atoms with van der Waals surface area (Å²) >= 11 is 0. The van der Waals surface area contributed by atoms with E-state index in [1.807, 2.05) is 30.3 Å². The van der Waals surface area contributed by atoms with Crippen molar-refractivity contribution in [3.05, 3.63) is 71.5 Å². The molecule has 0 saturated heterocycles. The highest BCUT2D eigenvalue weighted by Gasteiger charge is 2.18. The van der Waals surface area contributed by atoms with E-state index in [9.17, 15) is 14.3 Å². The average Bonchev–Trinajstić information content (AvgIpc) is 2.59. The van der Waals surface area contributed by atoms with Crippen molar-refractivity contribution in [3.8, 4) is 0 Å². The molecule has 24 heavy (non-hydrogen) atoms. The number of carbonyl (C=O) groups is 1. The lowest BCUT2D eigenvalue weighted by Gasteiger charge is -2.20. The molecule has 0 bridgehead atoms. The van der Waals surface area contributed by atoms with Crippen LogP contribution in [-0.2, 0) is 16.1 Å². The molecule has 2 aromatic rings. The quantitative estimate of drug-likeness (QED) is 0.731. The molecule has 2 rings (SSSR count). The molecule has 4 nitrogen and oxygen atoms in total. The van der Waals surface area contributed by atoms with E-state index in [1.165, 1.54) is 24.3 Å². The summed E-state index contributed by atoms with van der Waals surface area (Å²) in [7, 11) is 0. The maximum absolute atomic E-state index is 12.9. The molecule has 0 radical (unpaired) electrons. The van der Waals surface area contributed by atoms with Gasteiger partial charge in [-0.15, -0.1) is 0 Å². The van der Waals surface area contributed by atoms with E-state index in [2.05, 4.69) is 5.32 Å². The lowest BCUT2D eigenvalue weighted by Crippen LogP contribution is -2.37. The maximum atomic E-state index is 12.9. The van der Waals surface area contributed by atoms with Crippen LogP contribution in [0.25, 0.3) is 0 Å². The minimum absolute atomic E-state index is 0.197. The van der Waals surface area contributed by atoms with Gasteiger partial charge in [0.15, 0.2) is 0 Å². The summed E-state index contributed by atoms with van der Waals surface area (Å²) in [5.74, 6) is -0.560. The van der Waals surface area contributed by atoms with Gasteiger partial charge in [0.1, 0.15) is 5.82 Å². The van der Waals surface area contributed by atoms with Gasteiger partial charge in [0, 0.05) is 6.42 Å². The van der Waals surface area contributed by atoms with E-state index in [1.54, 1.807) is 6.92 Å². The molecule has 1 amide bonds. The summed E-state index contributed by atoms with van der Waals surface area (Å²) in [4.78, 5) is 11.9. The van der Waals surface area contributed by atoms with Crippen LogP contribution in [0.5, 0.6) is 0 Å². The van der Waals surface area contributed by atoms with Crippen molar-refractivity contribution in [1.82, 2.24) is 5.32 Å². The molecule has 2 unspecified atom stereocenters. The first-order valence-electron chi connectivity index (χ1n) is 7.91. The Morgan fingerprint density at radius 3 is 2.50 bits per heavy atom. The van der Waals surface area contributed by atoms with Gasteiger partial charge >= 0.3 is 0 Å². The number of hydrogen-bond acceptors (Lipinski definition) is 3. The van der Waals surface area contributed by atoms with Crippen molar-refractivity contribution in [2.75, 3.05) is 6.61 Å². The minimum atomic E-state index is -0.889. The van der Waals surface area contributed by atoms with E-state index in [0.717, 1.165) is 5.56 Å². The Morgan fingerprint density at radius 2 is 1.83 bits per heavy atom. The van der Waals surface area contributed by atoms with Crippen LogP contribution in [0.1, 0.15) is 30.6 Å². The fourth-order valence-corrected chi connectivity index (χ4v) is 2.28. The number of ether oxygens (including phenoxy) is 1. The van der Waals surface area contributed by atoms with Crippen LogP contribution < -0.4 is 5.32 Å². The summed E-state index contributed by atoms with van der Waals surface area (Å²) < 4.78 is 18.4. The fourth-order valence-electron chi connectivity index (χ4n) is 2.28. The summed E-state index contributed by atoms with van der Waals surface area (Å²) in [5, 5.41) is 12.9. The van der Waals surface area contributed by atoms with Gasteiger partial charge in [-0.3, -0.25) is 4.79 Å². The molecular weight excluding hydrogens is 309 g/mol. The number of rotatable bonds is 8. The van der Waals surface area contributed by atoms with Crippen molar-refractivity contribution < 1.29 is 19.0 Å². The normalized spacial score (nSPS) is 13.3. The van der Waals surface area contributed by atoms with E-state index in [-0.39, 0.29) is 18.1 Å². The van der Waals surface area contributed by atoms with E-state index >= 15 is 0 Å². The van der Waals surface area contributed by atoms with Crippen molar-refractivity contribution in [1.29, 1.82) is 0 Å². The predicted molar refractivity (Wildman–Crippen MR) is 89.7 cm³/mol. The molecule has 0 fully saturated rings. The molecule has 0 spiro atoms. The van der Waals surface area contributed by atoms with Gasteiger partial charge in [-0.05, 0) is 30.2 Å². The van der Waals surface area contributed by atoms with Crippen LogP contribution in [0.15, 0.2) is 54.6 Å². The molecular formula is C19H22FNO3. The van der Waals surface area contributed by atoms with Gasteiger partial charge in [0.25, 0.3) is 0 Å². The number of carbonyl (C=O) groups excluding carboxylic acids is 1. The molecule has 2 aromatic carbocycles. The number of nitrogens with one attached hydrogen (secondary N) is 1. The van der Waals surface area contributed by atoms with Crippen molar-refractivity contribution in [3.63, 3.8) is 0 Å². The molecule has 0 aliphatic rings. The summed E-state index contributed by atoms with van der Waals surface area (Å²) in [6, 6.07) is 14.8. The Kier molecular flexibility index (Phi) is 6.90. The standard InChI is InChI=1S/C19H22FNO3/c1-14(19(23)16-7-9-17(20)10-8-16)21-18(22)11-12-24-13-15-5-3-2-4-6-15/h2-10,14,19,23H,11-13H2,1H3,(H,21,22). The topological polar surface area (TPSA) is 58.6 Å². The molecule has 2 atom stereocenters. The summed E-state index contributed by atoms with van der Waals surface area (Å²) in [6.45, 7) is 2.47. The highest BCUT2D eigenvalue weighted by Crippen LogP contribution is 2.17. The smallest absolute Gasteiger partial charge is 0.222 e. The van der Waals surface area contributed by atoms with Gasteiger partial charge in [-0.25, -0.2) is 4.39 Å². The number of aliphatic hydroxyl groups is 1. The van der Waals surface area contributed by atoms with Crippen molar-refractivity contribution in [2.24, 2.45) is 0 Å². The summed E-state index contributed by atoms with van der Waals surface area (Å²) in [6.07, 6.45) is -0.673. The average molecular weight is 331 g/mol. The van der Waals surface area contributed by atoms with Gasteiger partial charge in [-0.2, -0.15) is 0 Å². The Morgan fingerprint density at radius 1 is 1.17 bits per heavy atom. The summed E-state index contributed by atoms with van der Waals surface area (Å²) in [5.41, 5.74) is 1.61. The Bertz CT molecular complexity index is 631. The fraction of sp³-hybridized carbons (Fsp3) is 0.316. The van der Waals surface area contributed by atoms with Crippen LogP contribution >= 0.6 is 0 Å². The zero-order valence-corrected chi connectivity index (χ0v) is 13.6. The van der Waals surface area contributed by atoms with E-state index in [4.69, 9.17) is 4.74 Å². The van der Waals surface area contributed by atoms with E-state index in [0.29, 0.717) is 18.8 Å². The van der Waals surface area contributed by atoms with Crippen LogP contribution in [0.4, 0.5) is 4.39 Å². The lowest BCUT2D eigenvalue weighted by atomic mass is 10.0. The van der Waals surface area contributed by atoms with Gasteiger partial charge in [0.2, 0.25) is 5.91 Å². The molecule has 0 heterocycles. The first-order chi connectivity index (χ1) is 11.6. The number of benzene rings is 2. The maximum Gasteiger partial charge on any atom is 0.222 e. The Labute approximate surface area is 141 Å². The van der Waals surface area contributed by atoms with Crippen LogP contribution in [-0.4, -0.2) is 23.7 Å². The zero-order chi connectivity index (χ0) is 17.4. The minimum Gasteiger partial charge on any atom is -0.386 e. The third kappa shape index (κ3) is 5.76. The van der Waals surface area contributed by atoms with Crippen LogP contribution in [0.2, 0.25) is 0 Å². The largest absolute Gasteiger partial charge is 0.386 e. The second-order valence-corrected chi connectivity index (χ2v) is 5.64. The second-order valence-electron chi connectivity index (χ2n) is 5.64. The first kappa shape index (κ1) is 18.1. The van der Waals surface area contributed by atoms with Crippen LogP contribution in [0.3, 0.4) is 0 Å². The number of amides is 1. The third-order valence-electron chi connectivity index (χ3n) is 3.66. The highest BCUT2D eigenvalue weighted by molar-refractivity contribution is 5.76. The van der Waals surface area contributed by atoms with Crippen molar-refractivity contribution in [2.45, 2.75) is 32.1 Å². The molecule has 0 aromatic heterocycles.